The molecule has 0 saturated heterocycles. The Morgan fingerprint density at radius 1 is 1.17 bits per heavy atom. The van der Waals surface area contributed by atoms with Crippen molar-refractivity contribution >= 4 is 23.3 Å². The van der Waals surface area contributed by atoms with Gasteiger partial charge in [-0.05, 0) is 49.7 Å². The van der Waals surface area contributed by atoms with Crippen molar-refractivity contribution in [3.8, 4) is 5.69 Å². The molecule has 0 radical (unpaired) electrons. The number of aromatic nitrogens is 2. The summed E-state index contributed by atoms with van der Waals surface area (Å²) in [6.07, 6.45) is 0. The average Bonchev–Trinajstić information content (AvgIpc) is 2.90. The first-order valence-corrected chi connectivity index (χ1v) is 7.72. The molecule has 1 amide bonds. The molecule has 0 spiro atoms. The van der Waals surface area contributed by atoms with Crippen LogP contribution in [0.15, 0.2) is 48.5 Å². The van der Waals surface area contributed by atoms with Crippen LogP contribution in [-0.4, -0.2) is 15.7 Å². The lowest BCUT2D eigenvalue weighted by molar-refractivity contribution is 0.102. The predicted molar refractivity (Wildman–Crippen MR) is 92.4 cm³/mol. The fourth-order valence-electron chi connectivity index (χ4n) is 2.42. The van der Waals surface area contributed by atoms with Gasteiger partial charge in [-0.25, -0.2) is 9.07 Å². The minimum atomic E-state index is -0.453. The van der Waals surface area contributed by atoms with E-state index in [9.17, 15) is 9.18 Å². The summed E-state index contributed by atoms with van der Waals surface area (Å²) in [4.78, 5) is 12.5. The summed E-state index contributed by atoms with van der Waals surface area (Å²) < 4.78 is 15.0. The SMILES string of the molecule is Cc1cc(NC(=O)c2cc(F)ccc2C)n(-c2cccc(Cl)c2)n1. The molecule has 4 nitrogen and oxygen atoms in total. The fraction of sp³-hybridized carbons (Fsp3) is 0.111. The second-order valence-electron chi connectivity index (χ2n) is 5.48. The molecule has 0 fully saturated rings. The molecule has 122 valence electrons. The molecule has 0 bridgehead atoms. The molecular weight excluding hydrogens is 329 g/mol. The van der Waals surface area contributed by atoms with Crippen molar-refractivity contribution in [2.75, 3.05) is 5.32 Å². The van der Waals surface area contributed by atoms with E-state index < -0.39 is 11.7 Å². The average molecular weight is 344 g/mol. The van der Waals surface area contributed by atoms with Crippen LogP contribution in [-0.2, 0) is 0 Å². The van der Waals surface area contributed by atoms with Crippen molar-refractivity contribution in [1.29, 1.82) is 0 Å². The van der Waals surface area contributed by atoms with Gasteiger partial charge in [0.05, 0.1) is 11.4 Å². The van der Waals surface area contributed by atoms with Crippen molar-refractivity contribution in [1.82, 2.24) is 9.78 Å². The van der Waals surface area contributed by atoms with E-state index in [2.05, 4.69) is 10.4 Å². The summed E-state index contributed by atoms with van der Waals surface area (Å²) in [5, 5.41) is 7.73. The predicted octanol–water partition coefficient (Wildman–Crippen LogP) is 4.53. The molecule has 0 atom stereocenters. The summed E-state index contributed by atoms with van der Waals surface area (Å²) in [6.45, 7) is 3.58. The third kappa shape index (κ3) is 3.31. The standard InChI is InChI=1S/C18H15ClFN3O/c1-11-6-7-14(20)10-16(11)18(24)21-17-8-12(2)22-23(17)15-5-3-4-13(19)9-15/h3-10H,1-2H3,(H,21,24). The number of rotatable bonds is 3. The topological polar surface area (TPSA) is 46.9 Å². The second-order valence-corrected chi connectivity index (χ2v) is 5.91. The number of carbonyl (C=O) groups excluding carboxylic acids is 1. The third-order valence-electron chi connectivity index (χ3n) is 3.57. The lowest BCUT2D eigenvalue weighted by Gasteiger charge is -2.10. The molecular formula is C18H15ClFN3O. The molecule has 0 aliphatic carbocycles. The van der Waals surface area contributed by atoms with Gasteiger partial charge in [0.2, 0.25) is 0 Å². The van der Waals surface area contributed by atoms with Crippen LogP contribution in [0.2, 0.25) is 5.02 Å². The molecule has 1 N–H and O–H groups in total. The van der Waals surface area contributed by atoms with Crippen LogP contribution in [0.3, 0.4) is 0 Å². The van der Waals surface area contributed by atoms with E-state index in [0.717, 1.165) is 11.4 Å². The molecule has 1 heterocycles. The molecule has 24 heavy (non-hydrogen) atoms. The Balaban J connectivity index is 1.96. The normalized spacial score (nSPS) is 10.7. The highest BCUT2D eigenvalue weighted by atomic mass is 35.5. The van der Waals surface area contributed by atoms with Crippen LogP contribution in [0.25, 0.3) is 5.69 Å². The van der Waals surface area contributed by atoms with Gasteiger partial charge < -0.3 is 5.32 Å². The highest BCUT2D eigenvalue weighted by Crippen LogP contribution is 2.21. The quantitative estimate of drug-likeness (QED) is 0.759. The Labute approximate surface area is 143 Å². The van der Waals surface area contributed by atoms with Crippen molar-refractivity contribution < 1.29 is 9.18 Å². The van der Waals surface area contributed by atoms with Crippen LogP contribution in [0.5, 0.6) is 0 Å². The summed E-state index contributed by atoms with van der Waals surface area (Å²) in [5.74, 6) is -0.358. The van der Waals surface area contributed by atoms with Gasteiger partial charge in [-0.1, -0.05) is 23.7 Å². The van der Waals surface area contributed by atoms with E-state index in [4.69, 9.17) is 11.6 Å². The Bertz CT molecular complexity index is 920. The largest absolute Gasteiger partial charge is 0.306 e. The van der Waals surface area contributed by atoms with Gasteiger partial charge in [0.1, 0.15) is 11.6 Å². The Morgan fingerprint density at radius 3 is 2.71 bits per heavy atom. The molecule has 0 unspecified atom stereocenters. The van der Waals surface area contributed by atoms with Crippen molar-refractivity contribution in [2.45, 2.75) is 13.8 Å². The molecule has 0 aliphatic heterocycles. The number of carbonyl (C=O) groups is 1. The number of anilines is 1. The zero-order valence-electron chi connectivity index (χ0n) is 13.2. The van der Waals surface area contributed by atoms with Crippen LogP contribution in [0.1, 0.15) is 21.6 Å². The molecule has 3 aromatic rings. The van der Waals surface area contributed by atoms with Gasteiger partial charge >= 0.3 is 0 Å². The first-order valence-electron chi connectivity index (χ1n) is 7.34. The van der Waals surface area contributed by atoms with E-state index in [1.807, 2.05) is 13.0 Å². The zero-order chi connectivity index (χ0) is 17.3. The van der Waals surface area contributed by atoms with Gasteiger partial charge in [-0.15, -0.1) is 0 Å². The lowest BCUT2D eigenvalue weighted by Crippen LogP contribution is -2.16. The number of amides is 1. The molecule has 1 aromatic heterocycles. The van der Waals surface area contributed by atoms with E-state index in [1.54, 1.807) is 41.9 Å². The first-order chi connectivity index (χ1) is 11.4. The third-order valence-corrected chi connectivity index (χ3v) is 3.81. The van der Waals surface area contributed by atoms with Gasteiger partial charge in [0.15, 0.2) is 0 Å². The van der Waals surface area contributed by atoms with Crippen LogP contribution in [0, 0.1) is 19.7 Å². The molecule has 3 rings (SSSR count). The zero-order valence-corrected chi connectivity index (χ0v) is 13.9. The number of aryl methyl sites for hydroxylation is 2. The monoisotopic (exact) mass is 343 g/mol. The number of halogens is 2. The number of hydrogen-bond acceptors (Lipinski definition) is 2. The highest BCUT2D eigenvalue weighted by molar-refractivity contribution is 6.30. The van der Waals surface area contributed by atoms with Crippen molar-refractivity contribution in [3.05, 3.63) is 76.2 Å². The smallest absolute Gasteiger partial charge is 0.257 e. The maximum atomic E-state index is 13.4. The number of nitrogens with zero attached hydrogens (tertiary/aromatic N) is 2. The van der Waals surface area contributed by atoms with E-state index >= 15 is 0 Å². The summed E-state index contributed by atoms with van der Waals surface area (Å²) in [5.41, 5.74) is 2.44. The minimum Gasteiger partial charge on any atom is -0.306 e. The number of benzene rings is 2. The summed E-state index contributed by atoms with van der Waals surface area (Å²) in [6, 6.07) is 13.0. The van der Waals surface area contributed by atoms with Crippen molar-refractivity contribution in [3.63, 3.8) is 0 Å². The molecule has 2 aromatic carbocycles. The molecule has 0 aliphatic rings. The van der Waals surface area contributed by atoms with Crippen LogP contribution < -0.4 is 5.32 Å². The minimum absolute atomic E-state index is 0.284. The number of nitrogens with one attached hydrogen (secondary N) is 1. The van der Waals surface area contributed by atoms with Gasteiger partial charge in [0, 0.05) is 16.7 Å². The molecule has 6 heteroatoms. The van der Waals surface area contributed by atoms with E-state index in [-0.39, 0.29) is 5.56 Å². The van der Waals surface area contributed by atoms with Crippen LogP contribution in [0.4, 0.5) is 10.2 Å². The molecule has 0 saturated carbocycles. The van der Waals surface area contributed by atoms with E-state index in [0.29, 0.717) is 16.4 Å². The summed E-state index contributed by atoms with van der Waals surface area (Å²) >= 11 is 6.02. The highest BCUT2D eigenvalue weighted by Gasteiger charge is 2.15. The van der Waals surface area contributed by atoms with Gasteiger partial charge in [-0.3, -0.25) is 4.79 Å². The Kier molecular flexibility index (Phi) is 4.36. The summed E-state index contributed by atoms with van der Waals surface area (Å²) in [7, 11) is 0. The number of hydrogen-bond donors (Lipinski definition) is 1. The maximum absolute atomic E-state index is 13.4. The van der Waals surface area contributed by atoms with Gasteiger partial charge in [0.25, 0.3) is 5.91 Å². The second kappa shape index (κ2) is 6.45. The maximum Gasteiger partial charge on any atom is 0.257 e. The Hall–Kier alpha value is -2.66. The van der Waals surface area contributed by atoms with Crippen molar-refractivity contribution in [2.24, 2.45) is 0 Å². The lowest BCUT2D eigenvalue weighted by atomic mass is 10.1. The fourth-order valence-corrected chi connectivity index (χ4v) is 2.60. The first kappa shape index (κ1) is 16.2. The van der Waals surface area contributed by atoms with E-state index in [1.165, 1.54) is 12.1 Å². The van der Waals surface area contributed by atoms with Gasteiger partial charge in [-0.2, -0.15) is 5.10 Å². The Morgan fingerprint density at radius 2 is 1.96 bits per heavy atom. The van der Waals surface area contributed by atoms with Crippen LogP contribution >= 0.6 is 11.6 Å².